The van der Waals surface area contributed by atoms with Crippen molar-refractivity contribution in [2.75, 3.05) is 7.11 Å². The number of fused-ring (bicyclic) bond motifs is 1. The van der Waals surface area contributed by atoms with Crippen LogP contribution in [0.3, 0.4) is 0 Å². The monoisotopic (exact) mass is 250 g/mol. The highest BCUT2D eigenvalue weighted by Crippen LogP contribution is 2.37. The number of benzene rings is 3. The van der Waals surface area contributed by atoms with E-state index in [4.69, 9.17) is 4.74 Å². The van der Waals surface area contributed by atoms with Gasteiger partial charge in [-0.3, -0.25) is 0 Å². The summed E-state index contributed by atoms with van der Waals surface area (Å²) in [4.78, 5) is 0. The van der Waals surface area contributed by atoms with E-state index in [1.165, 1.54) is 0 Å². The minimum atomic E-state index is 0.257. The first-order valence-corrected chi connectivity index (χ1v) is 6.15. The molecule has 0 saturated heterocycles. The summed E-state index contributed by atoms with van der Waals surface area (Å²) in [5.41, 5.74) is 1.96. The van der Waals surface area contributed by atoms with Crippen LogP contribution in [0.25, 0.3) is 21.9 Å². The van der Waals surface area contributed by atoms with Crippen LogP contribution in [-0.4, -0.2) is 12.2 Å². The standard InChI is InChI=1S/C17H14O2/c1-19-16-10-9-12-5-2-3-8-15(12)17(16)13-6-4-7-14(18)11-13/h2-11,18H,1H3. The molecule has 0 aliphatic heterocycles. The lowest BCUT2D eigenvalue weighted by atomic mass is 9.97. The van der Waals surface area contributed by atoms with Gasteiger partial charge in [-0.1, -0.05) is 42.5 Å². The van der Waals surface area contributed by atoms with Gasteiger partial charge in [-0.05, 0) is 34.5 Å². The summed E-state index contributed by atoms with van der Waals surface area (Å²) in [6.07, 6.45) is 0. The summed E-state index contributed by atoms with van der Waals surface area (Å²) in [7, 11) is 1.66. The minimum absolute atomic E-state index is 0.257. The minimum Gasteiger partial charge on any atom is -0.508 e. The van der Waals surface area contributed by atoms with Gasteiger partial charge >= 0.3 is 0 Å². The van der Waals surface area contributed by atoms with Gasteiger partial charge < -0.3 is 9.84 Å². The van der Waals surface area contributed by atoms with Crippen LogP contribution in [0.5, 0.6) is 11.5 Å². The van der Waals surface area contributed by atoms with Gasteiger partial charge in [-0.15, -0.1) is 0 Å². The maximum absolute atomic E-state index is 9.67. The maximum Gasteiger partial charge on any atom is 0.127 e. The van der Waals surface area contributed by atoms with Crippen molar-refractivity contribution in [2.45, 2.75) is 0 Å². The molecular formula is C17H14O2. The maximum atomic E-state index is 9.67. The molecule has 0 spiro atoms. The molecule has 0 bridgehead atoms. The van der Waals surface area contributed by atoms with Crippen LogP contribution in [0, 0.1) is 0 Å². The number of methoxy groups -OCH3 is 1. The van der Waals surface area contributed by atoms with Gasteiger partial charge in [-0.2, -0.15) is 0 Å². The largest absolute Gasteiger partial charge is 0.508 e. The zero-order chi connectivity index (χ0) is 13.2. The van der Waals surface area contributed by atoms with Gasteiger partial charge in [0.15, 0.2) is 0 Å². The quantitative estimate of drug-likeness (QED) is 0.737. The van der Waals surface area contributed by atoms with Crippen LogP contribution in [0.4, 0.5) is 0 Å². The van der Waals surface area contributed by atoms with Crippen LogP contribution >= 0.6 is 0 Å². The van der Waals surface area contributed by atoms with E-state index in [0.29, 0.717) is 0 Å². The molecule has 0 fully saturated rings. The summed E-state index contributed by atoms with van der Waals surface area (Å²) < 4.78 is 5.47. The fourth-order valence-corrected chi connectivity index (χ4v) is 2.38. The van der Waals surface area contributed by atoms with E-state index in [0.717, 1.165) is 27.6 Å². The number of hydrogen-bond acceptors (Lipinski definition) is 2. The predicted molar refractivity (Wildman–Crippen MR) is 77.6 cm³/mol. The van der Waals surface area contributed by atoms with Crippen molar-refractivity contribution in [2.24, 2.45) is 0 Å². The highest BCUT2D eigenvalue weighted by atomic mass is 16.5. The molecule has 2 heteroatoms. The van der Waals surface area contributed by atoms with Gasteiger partial charge in [-0.25, -0.2) is 0 Å². The normalized spacial score (nSPS) is 10.6. The fourth-order valence-electron chi connectivity index (χ4n) is 2.38. The Labute approximate surface area is 111 Å². The second-order valence-corrected chi connectivity index (χ2v) is 4.41. The molecule has 0 amide bonds. The zero-order valence-corrected chi connectivity index (χ0v) is 10.6. The summed E-state index contributed by atoms with van der Waals surface area (Å²) >= 11 is 0. The number of phenolic OH excluding ortho intramolecular Hbond substituents is 1. The topological polar surface area (TPSA) is 29.5 Å². The Bertz CT molecular complexity index is 732. The van der Waals surface area contributed by atoms with Gasteiger partial charge in [0.25, 0.3) is 0 Å². The molecule has 2 nitrogen and oxygen atoms in total. The van der Waals surface area contributed by atoms with E-state index in [1.807, 2.05) is 36.4 Å². The van der Waals surface area contributed by atoms with Crippen molar-refractivity contribution >= 4 is 10.8 Å². The fraction of sp³-hybridized carbons (Fsp3) is 0.0588. The van der Waals surface area contributed by atoms with Crippen molar-refractivity contribution < 1.29 is 9.84 Å². The van der Waals surface area contributed by atoms with E-state index >= 15 is 0 Å². The average Bonchev–Trinajstić information content (AvgIpc) is 2.46. The van der Waals surface area contributed by atoms with E-state index in [2.05, 4.69) is 12.1 Å². The molecule has 0 heterocycles. The number of phenols is 1. The molecule has 1 N–H and O–H groups in total. The first-order chi connectivity index (χ1) is 9.29. The van der Waals surface area contributed by atoms with Gasteiger partial charge in [0.1, 0.15) is 11.5 Å². The lowest BCUT2D eigenvalue weighted by Crippen LogP contribution is -1.89. The molecule has 0 atom stereocenters. The smallest absolute Gasteiger partial charge is 0.127 e. The molecule has 0 aliphatic rings. The van der Waals surface area contributed by atoms with Gasteiger partial charge in [0, 0.05) is 5.56 Å². The number of ether oxygens (including phenoxy) is 1. The third-order valence-corrected chi connectivity index (χ3v) is 3.25. The van der Waals surface area contributed by atoms with E-state index in [9.17, 15) is 5.11 Å². The van der Waals surface area contributed by atoms with Crippen molar-refractivity contribution in [3.8, 4) is 22.6 Å². The summed E-state index contributed by atoms with van der Waals surface area (Å²) in [6, 6.07) is 19.4. The molecule has 19 heavy (non-hydrogen) atoms. The number of rotatable bonds is 2. The van der Waals surface area contributed by atoms with E-state index in [1.54, 1.807) is 19.2 Å². The van der Waals surface area contributed by atoms with Gasteiger partial charge in [0.2, 0.25) is 0 Å². The molecule has 0 aromatic heterocycles. The highest BCUT2D eigenvalue weighted by Gasteiger charge is 2.10. The molecule has 0 aliphatic carbocycles. The van der Waals surface area contributed by atoms with Crippen LogP contribution in [0.2, 0.25) is 0 Å². The number of hydrogen-bond donors (Lipinski definition) is 1. The molecule has 0 saturated carbocycles. The molecule has 3 aromatic rings. The molecule has 94 valence electrons. The molecule has 0 unspecified atom stereocenters. The zero-order valence-electron chi connectivity index (χ0n) is 10.6. The molecule has 3 aromatic carbocycles. The lowest BCUT2D eigenvalue weighted by Gasteiger charge is -2.12. The van der Waals surface area contributed by atoms with Crippen LogP contribution in [-0.2, 0) is 0 Å². The summed E-state index contributed by atoms with van der Waals surface area (Å²) in [6.45, 7) is 0. The Balaban J connectivity index is 2.37. The van der Waals surface area contributed by atoms with Gasteiger partial charge in [0.05, 0.1) is 7.11 Å². The second kappa shape index (κ2) is 4.65. The Morgan fingerprint density at radius 3 is 2.53 bits per heavy atom. The Hall–Kier alpha value is -2.48. The van der Waals surface area contributed by atoms with Crippen LogP contribution in [0.15, 0.2) is 60.7 Å². The highest BCUT2D eigenvalue weighted by molar-refractivity contribution is 5.99. The third kappa shape index (κ3) is 2.02. The van der Waals surface area contributed by atoms with Crippen molar-refractivity contribution in [1.82, 2.24) is 0 Å². The second-order valence-electron chi connectivity index (χ2n) is 4.41. The van der Waals surface area contributed by atoms with E-state index in [-0.39, 0.29) is 5.75 Å². The Kier molecular flexibility index (Phi) is 2.84. The van der Waals surface area contributed by atoms with Crippen LogP contribution in [0.1, 0.15) is 0 Å². The average molecular weight is 250 g/mol. The first kappa shape index (κ1) is 11.6. The summed E-state index contributed by atoms with van der Waals surface area (Å²) in [5, 5.41) is 11.9. The third-order valence-electron chi connectivity index (χ3n) is 3.25. The Morgan fingerprint density at radius 1 is 0.895 bits per heavy atom. The van der Waals surface area contributed by atoms with Crippen molar-refractivity contribution in [3.63, 3.8) is 0 Å². The summed E-state index contributed by atoms with van der Waals surface area (Å²) in [5.74, 6) is 1.07. The molecule has 0 radical (unpaired) electrons. The number of aromatic hydroxyl groups is 1. The Morgan fingerprint density at radius 2 is 1.74 bits per heavy atom. The van der Waals surface area contributed by atoms with Crippen molar-refractivity contribution in [1.29, 1.82) is 0 Å². The van der Waals surface area contributed by atoms with Crippen LogP contribution < -0.4 is 4.74 Å². The molecule has 3 rings (SSSR count). The van der Waals surface area contributed by atoms with Crippen molar-refractivity contribution in [3.05, 3.63) is 60.7 Å². The molecular weight excluding hydrogens is 236 g/mol. The predicted octanol–water partition coefficient (Wildman–Crippen LogP) is 4.22. The van der Waals surface area contributed by atoms with E-state index < -0.39 is 0 Å². The SMILES string of the molecule is COc1ccc2ccccc2c1-c1cccc(O)c1. The lowest BCUT2D eigenvalue weighted by molar-refractivity contribution is 0.417. The first-order valence-electron chi connectivity index (χ1n) is 6.15.